The second-order valence-corrected chi connectivity index (χ2v) is 3.60. The van der Waals surface area contributed by atoms with Gasteiger partial charge in [-0.25, -0.2) is 4.39 Å². The normalized spacial score (nSPS) is 14.4. The molecule has 4 heteroatoms. The third-order valence-electron chi connectivity index (χ3n) is 2.46. The van der Waals surface area contributed by atoms with Gasteiger partial charge in [0, 0.05) is 12.0 Å². The Morgan fingerprint density at radius 2 is 2.13 bits per heavy atom. The Morgan fingerprint density at radius 1 is 1.40 bits per heavy atom. The van der Waals surface area contributed by atoms with Crippen molar-refractivity contribution in [3.05, 3.63) is 29.1 Å². The van der Waals surface area contributed by atoms with E-state index in [-0.39, 0.29) is 17.4 Å². The van der Waals surface area contributed by atoms with E-state index in [9.17, 15) is 14.0 Å². The minimum absolute atomic E-state index is 0.173. The lowest BCUT2D eigenvalue weighted by Gasteiger charge is -2.17. The van der Waals surface area contributed by atoms with Crippen LogP contribution in [-0.4, -0.2) is 11.7 Å². The second-order valence-electron chi connectivity index (χ2n) is 3.60. The molecule has 78 valence electrons. The number of ketones is 1. The number of halogens is 1. The average Bonchev–Trinajstić information content (AvgIpc) is 2.18. The number of amides is 1. The molecule has 0 atom stereocenters. The largest absolute Gasteiger partial charge is 0.323 e. The molecule has 0 aliphatic carbocycles. The standard InChI is InChI=1S/C11H10FNO2/c1-6(14)8-4-7-2-3-10(15)13-11(7)9(12)5-8/h4-5H,2-3H2,1H3,(H,13,15). The highest BCUT2D eigenvalue weighted by Crippen LogP contribution is 2.27. The lowest BCUT2D eigenvalue weighted by atomic mass is 9.98. The molecule has 15 heavy (non-hydrogen) atoms. The highest BCUT2D eigenvalue weighted by Gasteiger charge is 2.19. The molecule has 1 aromatic carbocycles. The lowest BCUT2D eigenvalue weighted by Crippen LogP contribution is -2.20. The van der Waals surface area contributed by atoms with Gasteiger partial charge in [-0.05, 0) is 31.0 Å². The minimum atomic E-state index is -0.536. The molecule has 0 fully saturated rings. The van der Waals surface area contributed by atoms with Crippen LogP contribution in [0.5, 0.6) is 0 Å². The van der Waals surface area contributed by atoms with E-state index in [0.29, 0.717) is 24.0 Å². The summed E-state index contributed by atoms with van der Waals surface area (Å²) < 4.78 is 13.5. The van der Waals surface area contributed by atoms with Gasteiger partial charge in [0.2, 0.25) is 5.91 Å². The zero-order chi connectivity index (χ0) is 11.0. The second kappa shape index (κ2) is 3.46. The molecular weight excluding hydrogens is 197 g/mol. The summed E-state index contributed by atoms with van der Waals surface area (Å²) in [5, 5.41) is 2.47. The number of fused-ring (bicyclic) bond motifs is 1. The van der Waals surface area contributed by atoms with Gasteiger partial charge in [0.15, 0.2) is 5.78 Å². The Balaban J connectivity index is 2.52. The van der Waals surface area contributed by atoms with Gasteiger partial charge in [-0.3, -0.25) is 9.59 Å². The number of benzene rings is 1. The van der Waals surface area contributed by atoms with E-state index in [1.165, 1.54) is 6.92 Å². The number of nitrogens with one attached hydrogen (secondary N) is 1. The molecule has 1 heterocycles. The van der Waals surface area contributed by atoms with Crippen molar-refractivity contribution in [1.82, 2.24) is 0 Å². The maximum atomic E-state index is 13.5. The van der Waals surface area contributed by atoms with Crippen LogP contribution in [0.25, 0.3) is 0 Å². The summed E-state index contributed by atoms with van der Waals surface area (Å²) in [6.45, 7) is 1.39. The van der Waals surface area contributed by atoms with Gasteiger partial charge in [-0.1, -0.05) is 0 Å². The number of hydrogen-bond donors (Lipinski definition) is 1. The fraction of sp³-hybridized carbons (Fsp3) is 0.273. The first-order valence-electron chi connectivity index (χ1n) is 4.71. The summed E-state index contributed by atoms with van der Waals surface area (Å²) in [6.07, 6.45) is 0.826. The van der Waals surface area contributed by atoms with Crippen LogP contribution in [0, 0.1) is 5.82 Å². The van der Waals surface area contributed by atoms with Crippen molar-refractivity contribution in [3.8, 4) is 0 Å². The number of hydrogen-bond acceptors (Lipinski definition) is 2. The summed E-state index contributed by atoms with van der Waals surface area (Å²) in [7, 11) is 0. The van der Waals surface area contributed by atoms with Crippen LogP contribution in [0.1, 0.15) is 29.3 Å². The van der Waals surface area contributed by atoms with E-state index in [0.717, 1.165) is 6.07 Å². The highest BCUT2D eigenvalue weighted by atomic mass is 19.1. The number of aryl methyl sites for hydroxylation is 1. The molecule has 0 spiro atoms. The lowest BCUT2D eigenvalue weighted by molar-refractivity contribution is -0.116. The number of carbonyl (C=O) groups excluding carboxylic acids is 2. The first-order valence-corrected chi connectivity index (χ1v) is 4.71. The van der Waals surface area contributed by atoms with Crippen molar-refractivity contribution in [2.75, 3.05) is 5.32 Å². The van der Waals surface area contributed by atoms with Crippen molar-refractivity contribution in [1.29, 1.82) is 0 Å². The van der Waals surface area contributed by atoms with Crippen molar-refractivity contribution < 1.29 is 14.0 Å². The van der Waals surface area contributed by atoms with Crippen molar-refractivity contribution >= 4 is 17.4 Å². The fourth-order valence-electron chi connectivity index (χ4n) is 1.65. The van der Waals surface area contributed by atoms with Crippen LogP contribution in [0.3, 0.4) is 0 Å². The van der Waals surface area contributed by atoms with Crippen LogP contribution in [-0.2, 0) is 11.2 Å². The monoisotopic (exact) mass is 207 g/mol. The third-order valence-corrected chi connectivity index (χ3v) is 2.46. The fourth-order valence-corrected chi connectivity index (χ4v) is 1.65. The zero-order valence-corrected chi connectivity index (χ0v) is 8.26. The molecule has 0 saturated heterocycles. The van der Waals surface area contributed by atoms with E-state index in [1.807, 2.05) is 0 Å². The third kappa shape index (κ3) is 1.75. The first-order chi connectivity index (χ1) is 7.08. The van der Waals surface area contributed by atoms with Gasteiger partial charge < -0.3 is 5.32 Å². The molecule has 3 nitrogen and oxygen atoms in total. The number of Topliss-reactive ketones (excluding diaryl/α,β-unsaturated/α-hetero) is 1. The van der Waals surface area contributed by atoms with E-state index in [2.05, 4.69) is 5.32 Å². The van der Waals surface area contributed by atoms with Crippen LogP contribution in [0.4, 0.5) is 10.1 Å². The predicted molar refractivity (Wildman–Crippen MR) is 53.4 cm³/mol. The molecule has 0 aromatic heterocycles. The van der Waals surface area contributed by atoms with Crippen molar-refractivity contribution in [3.63, 3.8) is 0 Å². The highest BCUT2D eigenvalue weighted by molar-refractivity contribution is 5.98. The molecule has 1 N–H and O–H groups in total. The Bertz CT molecular complexity index is 454. The molecule has 0 radical (unpaired) electrons. The summed E-state index contributed by atoms with van der Waals surface area (Å²) in [5.41, 5.74) is 1.26. The molecular formula is C11H10FNO2. The van der Waals surface area contributed by atoms with E-state index >= 15 is 0 Å². The van der Waals surface area contributed by atoms with Gasteiger partial charge in [-0.2, -0.15) is 0 Å². The summed E-state index contributed by atoms with van der Waals surface area (Å²) in [4.78, 5) is 22.1. The van der Waals surface area contributed by atoms with Gasteiger partial charge in [0.05, 0.1) is 5.69 Å². The Kier molecular flexibility index (Phi) is 2.26. The predicted octanol–water partition coefficient (Wildman–Crippen LogP) is 1.91. The van der Waals surface area contributed by atoms with Crippen LogP contribution in [0.2, 0.25) is 0 Å². The molecule has 0 unspecified atom stereocenters. The molecule has 1 aromatic rings. The minimum Gasteiger partial charge on any atom is -0.323 e. The topological polar surface area (TPSA) is 46.2 Å². The summed E-state index contributed by atoms with van der Waals surface area (Å²) in [5.74, 6) is -0.892. The van der Waals surface area contributed by atoms with E-state index in [4.69, 9.17) is 0 Å². The van der Waals surface area contributed by atoms with Crippen molar-refractivity contribution in [2.24, 2.45) is 0 Å². The molecule has 1 amide bonds. The first kappa shape index (κ1) is 9.83. The zero-order valence-electron chi connectivity index (χ0n) is 8.26. The van der Waals surface area contributed by atoms with Gasteiger partial charge >= 0.3 is 0 Å². The van der Waals surface area contributed by atoms with Crippen LogP contribution < -0.4 is 5.32 Å². The quantitative estimate of drug-likeness (QED) is 0.715. The maximum Gasteiger partial charge on any atom is 0.224 e. The molecule has 0 bridgehead atoms. The van der Waals surface area contributed by atoms with Gasteiger partial charge in [0.1, 0.15) is 5.82 Å². The molecule has 0 saturated carbocycles. The van der Waals surface area contributed by atoms with Crippen LogP contribution >= 0.6 is 0 Å². The van der Waals surface area contributed by atoms with E-state index in [1.54, 1.807) is 6.07 Å². The maximum absolute atomic E-state index is 13.5. The Morgan fingerprint density at radius 3 is 2.80 bits per heavy atom. The SMILES string of the molecule is CC(=O)c1cc(F)c2c(c1)CCC(=O)N2. The number of carbonyl (C=O) groups is 2. The number of rotatable bonds is 1. The molecule has 2 rings (SSSR count). The Hall–Kier alpha value is -1.71. The van der Waals surface area contributed by atoms with Crippen molar-refractivity contribution in [2.45, 2.75) is 19.8 Å². The molecule has 1 aliphatic rings. The van der Waals surface area contributed by atoms with Gasteiger partial charge in [0.25, 0.3) is 0 Å². The van der Waals surface area contributed by atoms with E-state index < -0.39 is 5.82 Å². The van der Waals surface area contributed by atoms with Gasteiger partial charge in [-0.15, -0.1) is 0 Å². The Labute approximate surface area is 86.3 Å². The average molecular weight is 207 g/mol. The van der Waals surface area contributed by atoms with Crippen LogP contribution in [0.15, 0.2) is 12.1 Å². The smallest absolute Gasteiger partial charge is 0.224 e. The summed E-state index contributed by atoms with van der Waals surface area (Å²) in [6, 6.07) is 2.80. The number of anilines is 1. The summed E-state index contributed by atoms with van der Waals surface area (Å²) >= 11 is 0. The molecule has 1 aliphatic heterocycles.